The minimum absolute atomic E-state index is 0.0812. The van der Waals surface area contributed by atoms with Crippen LogP contribution in [0.1, 0.15) is 37.4 Å². The molecule has 0 saturated carbocycles. The molecule has 7 heteroatoms. The second kappa shape index (κ2) is 8.55. The number of carbonyl (C=O) groups is 2. The molecule has 0 spiro atoms. The van der Waals surface area contributed by atoms with Crippen LogP contribution in [0.2, 0.25) is 5.02 Å². The van der Waals surface area contributed by atoms with E-state index in [4.69, 9.17) is 11.6 Å². The van der Waals surface area contributed by atoms with Gasteiger partial charge in [0.05, 0.1) is 16.5 Å². The van der Waals surface area contributed by atoms with Crippen molar-refractivity contribution in [3.8, 4) is 6.07 Å². The smallest absolute Gasteiger partial charge is 0.247 e. The molecule has 3 rings (SSSR count). The summed E-state index contributed by atoms with van der Waals surface area (Å²) in [4.78, 5) is 30.9. The van der Waals surface area contributed by atoms with Crippen LogP contribution in [0.3, 0.4) is 0 Å². The summed E-state index contributed by atoms with van der Waals surface area (Å²) >= 11 is 7.07. The predicted molar refractivity (Wildman–Crippen MR) is 106 cm³/mol. The molecule has 1 aliphatic heterocycles. The molecule has 0 radical (unpaired) electrons. The van der Waals surface area contributed by atoms with E-state index in [0.717, 1.165) is 25.0 Å². The van der Waals surface area contributed by atoms with Crippen molar-refractivity contribution in [1.82, 2.24) is 4.98 Å². The van der Waals surface area contributed by atoms with Crippen LogP contribution in [0.5, 0.6) is 0 Å². The number of pyridine rings is 1. The van der Waals surface area contributed by atoms with E-state index in [2.05, 4.69) is 18.0 Å². The summed E-state index contributed by atoms with van der Waals surface area (Å²) in [5.41, 5.74) is 1.82. The van der Waals surface area contributed by atoms with E-state index in [9.17, 15) is 14.9 Å². The number of unbranched alkanes of at least 4 members (excludes halogenated alkanes) is 1. The number of aryl methyl sites for hydroxylation is 1. The Hall–Kier alpha value is -2.36. The first-order chi connectivity index (χ1) is 13.0. The van der Waals surface area contributed by atoms with Gasteiger partial charge in [-0.2, -0.15) is 5.26 Å². The number of imide groups is 1. The molecule has 1 unspecified atom stereocenters. The number of thioether (sulfide) groups is 1. The third-order valence-electron chi connectivity index (χ3n) is 4.27. The Labute approximate surface area is 167 Å². The third kappa shape index (κ3) is 4.32. The number of nitrogens with zero attached hydrogens (tertiary/aromatic N) is 3. The number of hydrogen-bond acceptors (Lipinski definition) is 5. The zero-order valence-corrected chi connectivity index (χ0v) is 16.4. The first kappa shape index (κ1) is 19.4. The first-order valence-electron chi connectivity index (χ1n) is 8.72. The number of rotatable bonds is 6. The van der Waals surface area contributed by atoms with Crippen molar-refractivity contribution in [2.24, 2.45) is 0 Å². The summed E-state index contributed by atoms with van der Waals surface area (Å²) in [5.74, 6) is -0.558. The van der Waals surface area contributed by atoms with Gasteiger partial charge in [0.25, 0.3) is 0 Å². The molecule has 5 nitrogen and oxygen atoms in total. The van der Waals surface area contributed by atoms with Crippen LogP contribution in [0.4, 0.5) is 5.69 Å². The fourth-order valence-corrected chi connectivity index (χ4v) is 4.08. The molecule has 2 heterocycles. The molecule has 1 atom stereocenters. The van der Waals surface area contributed by atoms with Crippen molar-refractivity contribution in [2.75, 3.05) is 4.90 Å². The number of halogens is 1. The summed E-state index contributed by atoms with van der Waals surface area (Å²) in [5, 5.41) is 9.81. The molecule has 0 aliphatic carbocycles. The minimum atomic E-state index is -0.589. The lowest BCUT2D eigenvalue weighted by atomic mass is 10.2. The molecule has 2 amide bonds. The first-order valence-corrected chi connectivity index (χ1v) is 9.98. The van der Waals surface area contributed by atoms with Crippen LogP contribution in [-0.2, 0) is 16.0 Å². The van der Waals surface area contributed by atoms with Gasteiger partial charge in [0.1, 0.15) is 11.1 Å². The summed E-state index contributed by atoms with van der Waals surface area (Å²) in [6.07, 6.45) is 2.96. The van der Waals surface area contributed by atoms with E-state index in [1.807, 2.05) is 6.07 Å². The van der Waals surface area contributed by atoms with Crippen LogP contribution in [0.15, 0.2) is 41.4 Å². The van der Waals surface area contributed by atoms with E-state index in [1.54, 1.807) is 30.3 Å². The summed E-state index contributed by atoms with van der Waals surface area (Å²) < 4.78 is 0. The summed E-state index contributed by atoms with van der Waals surface area (Å²) in [7, 11) is 0. The van der Waals surface area contributed by atoms with Crippen molar-refractivity contribution in [1.29, 1.82) is 5.26 Å². The lowest BCUT2D eigenvalue weighted by Crippen LogP contribution is -2.31. The molecule has 1 fully saturated rings. The Morgan fingerprint density at radius 3 is 2.67 bits per heavy atom. The highest BCUT2D eigenvalue weighted by atomic mass is 35.5. The second-order valence-corrected chi connectivity index (χ2v) is 7.85. The maximum absolute atomic E-state index is 12.8. The van der Waals surface area contributed by atoms with Crippen LogP contribution >= 0.6 is 23.4 Å². The quantitative estimate of drug-likeness (QED) is 0.674. The highest BCUT2D eigenvalue weighted by Gasteiger charge is 2.40. The van der Waals surface area contributed by atoms with Crippen LogP contribution in [-0.4, -0.2) is 22.0 Å². The molecule has 0 N–H and O–H groups in total. The SMILES string of the molecule is CCCCc1ccc(C#N)c(SC2CC(=O)N(c3ccc(Cl)cc3)C2=O)n1. The van der Waals surface area contributed by atoms with Crippen LogP contribution in [0.25, 0.3) is 0 Å². The van der Waals surface area contributed by atoms with E-state index >= 15 is 0 Å². The molecular weight excluding hydrogens is 382 g/mol. The van der Waals surface area contributed by atoms with Gasteiger partial charge < -0.3 is 0 Å². The Morgan fingerprint density at radius 2 is 2.00 bits per heavy atom. The zero-order chi connectivity index (χ0) is 19.4. The fourth-order valence-electron chi connectivity index (χ4n) is 2.84. The Kier molecular flexibility index (Phi) is 6.15. The number of nitriles is 1. The van der Waals surface area contributed by atoms with Gasteiger partial charge in [-0.15, -0.1) is 0 Å². The Bertz CT molecular complexity index is 908. The van der Waals surface area contributed by atoms with E-state index in [0.29, 0.717) is 21.3 Å². The number of amides is 2. The number of hydrogen-bond donors (Lipinski definition) is 0. The standard InChI is InChI=1S/C20H18ClN3O2S/c1-2-3-4-15-8-5-13(12-22)19(23-15)27-17-11-18(25)24(20(17)26)16-9-6-14(21)7-10-16/h5-10,17H,2-4,11H2,1H3. The van der Waals surface area contributed by atoms with Gasteiger partial charge in [0.15, 0.2) is 0 Å². The predicted octanol–water partition coefficient (Wildman–Crippen LogP) is 4.37. The van der Waals surface area contributed by atoms with E-state index in [1.165, 1.54) is 16.7 Å². The van der Waals surface area contributed by atoms with Gasteiger partial charge in [-0.3, -0.25) is 9.59 Å². The lowest BCUT2D eigenvalue weighted by Gasteiger charge is -2.15. The second-order valence-electron chi connectivity index (χ2n) is 6.23. The number of benzene rings is 1. The van der Waals surface area contributed by atoms with E-state index in [-0.39, 0.29) is 18.2 Å². The fraction of sp³-hybridized carbons (Fsp3) is 0.300. The normalized spacial score (nSPS) is 16.6. The van der Waals surface area contributed by atoms with Gasteiger partial charge in [0, 0.05) is 17.1 Å². The molecule has 138 valence electrons. The van der Waals surface area contributed by atoms with Crippen molar-refractivity contribution in [3.63, 3.8) is 0 Å². The van der Waals surface area contributed by atoms with Crippen molar-refractivity contribution in [2.45, 2.75) is 42.9 Å². The highest BCUT2D eigenvalue weighted by molar-refractivity contribution is 8.00. The van der Waals surface area contributed by atoms with Crippen molar-refractivity contribution in [3.05, 3.63) is 52.7 Å². The maximum atomic E-state index is 12.8. The maximum Gasteiger partial charge on any atom is 0.247 e. The number of anilines is 1. The van der Waals surface area contributed by atoms with Gasteiger partial charge in [0.2, 0.25) is 11.8 Å². The third-order valence-corrected chi connectivity index (χ3v) is 5.71. The minimum Gasteiger partial charge on any atom is -0.274 e. The van der Waals surface area contributed by atoms with Gasteiger partial charge in [-0.1, -0.05) is 36.7 Å². The van der Waals surface area contributed by atoms with Crippen LogP contribution < -0.4 is 4.90 Å². The molecule has 2 aromatic rings. The summed E-state index contributed by atoms with van der Waals surface area (Å²) in [6.45, 7) is 2.10. The number of carbonyl (C=O) groups excluding carboxylic acids is 2. The molecule has 1 aliphatic rings. The average Bonchev–Trinajstić information content (AvgIpc) is 2.94. The molecule has 1 aromatic heterocycles. The Morgan fingerprint density at radius 1 is 1.26 bits per heavy atom. The molecule has 1 aromatic carbocycles. The topological polar surface area (TPSA) is 74.1 Å². The number of aromatic nitrogens is 1. The molecule has 0 bridgehead atoms. The molecule has 1 saturated heterocycles. The van der Waals surface area contributed by atoms with Gasteiger partial charge >= 0.3 is 0 Å². The summed E-state index contributed by atoms with van der Waals surface area (Å²) in [6, 6.07) is 12.3. The monoisotopic (exact) mass is 399 g/mol. The van der Waals surface area contributed by atoms with Gasteiger partial charge in [-0.05, 0) is 49.2 Å². The Balaban J connectivity index is 1.82. The molecular formula is C20H18ClN3O2S. The largest absolute Gasteiger partial charge is 0.274 e. The zero-order valence-electron chi connectivity index (χ0n) is 14.8. The van der Waals surface area contributed by atoms with Crippen molar-refractivity contribution < 1.29 is 9.59 Å². The molecule has 27 heavy (non-hydrogen) atoms. The van der Waals surface area contributed by atoms with Crippen LogP contribution in [0, 0.1) is 11.3 Å². The highest BCUT2D eigenvalue weighted by Crippen LogP contribution is 2.35. The van der Waals surface area contributed by atoms with E-state index < -0.39 is 5.25 Å². The van der Waals surface area contributed by atoms with Gasteiger partial charge in [-0.25, -0.2) is 9.88 Å². The average molecular weight is 400 g/mol. The van der Waals surface area contributed by atoms with Crippen molar-refractivity contribution >= 4 is 40.9 Å². The lowest BCUT2D eigenvalue weighted by molar-refractivity contribution is -0.121.